The van der Waals surface area contributed by atoms with Gasteiger partial charge < -0.3 is 10.1 Å². The molecule has 0 spiro atoms. The van der Waals surface area contributed by atoms with Gasteiger partial charge in [0.05, 0.1) is 24.5 Å². The molecule has 1 aliphatic rings. The molecule has 2 rings (SSSR count). The van der Waals surface area contributed by atoms with Gasteiger partial charge in [0, 0.05) is 13.1 Å². The van der Waals surface area contributed by atoms with Crippen LogP contribution in [0, 0.1) is 12.8 Å². The van der Waals surface area contributed by atoms with Crippen LogP contribution in [0.2, 0.25) is 0 Å². The van der Waals surface area contributed by atoms with E-state index in [0.29, 0.717) is 30.8 Å². The predicted molar refractivity (Wildman–Crippen MR) is 90.1 cm³/mol. The van der Waals surface area contributed by atoms with E-state index < -0.39 is 10.0 Å². The first-order chi connectivity index (χ1) is 10.9. The number of amides is 1. The average molecular weight is 340 g/mol. The molecule has 1 atom stereocenters. The molecule has 0 bridgehead atoms. The summed E-state index contributed by atoms with van der Waals surface area (Å²) in [7, 11) is -1.70. The largest absolute Gasteiger partial charge is 0.495 e. The van der Waals surface area contributed by atoms with E-state index in [-0.39, 0.29) is 24.1 Å². The predicted octanol–water partition coefficient (Wildman–Crippen LogP) is 2.00. The third-order valence-electron chi connectivity index (χ3n) is 4.13. The van der Waals surface area contributed by atoms with Crippen molar-refractivity contribution in [3.05, 3.63) is 23.8 Å². The molecular formula is C16H24N2O4S. The van der Waals surface area contributed by atoms with Gasteiger partial charge in [-0.05, 0) is 44.4 Å². The first-order valence-corrected chi connectivity index (χ1v) is 9.41. The minimum absolute atomic E-state index is 0.0625. The standard InChI is InChI=1S/C16H24N2O4S/c1-4-23(20,21)18-9-5-6-13(11-18)16(19)17-14-10-12(2)7-8-15(14)22-3/h7-8,10,13H,4-6,9,11H2,1-3H3,(H,17,19)/t13-/m1/s1. The second-order valence-corrected chi connectivity index (χ2v) is 8.05. The Kier molecular flexibility index (Phi) is 5.64. The van der Waals surface area contributed by atoms with Crippen LogP contribution in [-0.2, 0) is 14.8 Å². The molecular weight excluding hydrogens is 316 g/mol. The first kappa shape index (κ1) is 17.7. The third kappa shape index (κ3) is 4.23. The van der Waals surface area contributed by atoms with Gasteiger partial charge in [-0.25, -0.2) is 12.7 Å². The van der Waals surface area contributed by atoms with Crippen molar-refractivity contribution in [1.82, 2.24) is 4.31 Å². The number of carbonyl (C=O) groups is 1. The number of rotatable bonds is 5. The Labute approximate surface area is 137 Å². The van der Waals surface area contributed by atoms with Crippen molar-refractivity contribution in [2.75, 3.05) is 31.3 Å². The minimum Gasteiger partial charge on any atom is -0.495 e. The number of sulfonamides is 1. The van der Waals surface area contributed by atoms with E-state index in [1.54, 1.807) is 20.1 Å². The highest BCUT2D eigenvalue weighted by Gasteiger charge is 2.31. The normalized spacial score (nSPS) is 19.3. The van der Waals surface area contributed by atoms with Crippen LogP contribution in [0.1, 0.15) is 25.3 Å². The molecule has 0 unspecified atom stereocenters. The number of aryl methyl sites for hydroxylation is 1. The molecule has 23 heavy (non-hydrogen) atoms. The van der Waals surface area contributed by atoms with Crippen molar-refractivity contribution in [2.24, 2.45) is 5.92 Å². The van der Waals surface area contributed by atoms with Crippen molar-refractivity contribution in [3.8, 4) is 5.75 Å². The molecule has 1 heterocycles. The lowest BCUT2D eigenvalue weighted by Gasteiger charge is -2.31. The maximum absolute atomic E-state index is 12.5. The van der Waals surface area contributed by atoms with Crippen LogP contribution < -0.4 is 10.1 Å². The number of hydrogen-bond donors (Lipinski definition) is 1. The monoisotopic (exact) mass is 340 g/mol. The number of benzene rings is 1. The summed E-state index contributed by atoms with van der Waals surface area (Å²) in [6.07, 6.45) is 1.39. The topological polar surface area (TPSA) is 75.7 Å². The molecule has 1 aromatic rings. The summed E-state index contributed by atoms with van der Waals surface area (Å²) in [5.41, 5.74) is 1.63. The van der Waals surface area contributed by atoms with Crippen molar-refractivity contribution in [2.45, 2.75) is 26.7 Å². The molecule has 1 aliphatic heterocycles. The Hall–Kier alpha value is -1.60. The van der Waals surface area contributed by atoms with Crippen molar-refractivity contribution in [3.63, 3.8) is 0 Å². The number of piperidine rings is 1. The SMILES string of the molecule is CCS(=O)(=O)N1CCC[C@@H](C(=O)Nc2cc(C)ccc2OC)C1. The lowest BCUT2D eigenvalue weighted by molar-refractivity contribution is -0.120. The smallest absolute Gasteiger partial charge is 0.228 e. The Bertz CT molecular complexity index is 673. The van der Waals surface area contributed by atoms with Gasteiger partial charge in [0.25, 0.3) is 0 Å². The molecule has 1 N–H and O–H groups in total. The van der Waals surface area contributed by atoms with Gasteiger partial charge in [-0.1, -0.05) is 6.07 Å². The fourth-order valence-corrected chi connectivity index (χ4v) is 3.93. The molecule has 128 valence electrons. The number of ether oxygens (including phenoxy) is 1. The maximum Gasteiger partial charge on any atom is 0.228 e. The summed E-state index contributed by atoms with van der Waals surface area (Å²) < 4.78 is 30.7. The zero-order chi connectivity index (χ0) is 17.0. The van der Waals surface area contributed by atoms with Gasteiger partial charge >= 0.3 is 0 Å². The number of carbonyl (C=O) groups excluding carboxylic acids is 1. The van der Waals surface area contributed by atoms with Gasteiger partial charge in [-0.2, -0.15) is 0 Å². The Morgan fingerprint density at radius 3 is 2.83 bits per heavy atom. The second-order valence-electron chi connectivity index (χ2n) is 5.79. The number of methoxy groups -OCH3 is 1. The Morgan fingerprint density at radius 2 is 2.17 bits per heavy atom. The number of anilines is 1. The highest BCUT2D eigenvalue weighted by Crippen LogP contribution is 2.27. The molecule has 1 fully saturated rings. The fraction of sp³-hybridized carbons (Fsp3) is 0.562. The van der Waals surface area contributed by atoms with Gasteiger partial charge in [0.1, 0.15) is 5.75 Å². The first-order valence-electron chi connectivity index (χ1n) is 7.80. The minimum atomic E-state index is -3.25. The molecule has 0 saturated carbocycles. The van der Waals surface area contributed by atoms with E-state index in [9.17, 15) is 13.2 Å². The van der Waals surface area contributed by atoms with Gasteiger partial charge in [-0.15, -0.1) is 0 Å². The molecule has 0 radical (unpaired) electrons. The lowest BCUT2D eigenvalue weighted by atomic mass is 9.98. The zero-order valence-corrected chi connectivity index (χ0v) is 14.6. The fourth-order valence-electron chi connectivity index (χ4n) is 2.75. The van der Waals surface area contributed by atoms with E-state index >= 15 is 0 Å². The molecule has 0 aliphatic carbocycles. The van der Waals surface area contributed by atoms with E-state index in [0.717, 1.165) is 5.56 Å². The van der Waals surface area contributed by atoms with Crippen LogP contribution in [0.15, 0.2) is 18.2 Å². The molecule has 1 aromatic carbocycles. The van der Waals surface area contributed by atoms with E-state index in [4.69, 9.17) is 4.74 Å². The van der Waals surface area contributed by atoms with Crippen LogP contribution in [0.5, 0.6) is 5.75 Å². The third-order valence-corrected chi connectivity index (χ3v) is 5.97. The van der Waals surface area contributed by atoms with Crippen LogP contribution in [0.25, 0.3) is 0 Å². The van der Waals surface area contributed by atoms with E-state index in [2.05, 4.69) is 5.32 Å². The average Bonchev–Trinajstić information content (AvgIpc) is 2.55. The van der Waals surface area contributed by atoms with Gasteiger partial charge in [-0.3, -0.25) is 4.79 Å². The Balaban J connectivity index is 2.10. The van der Waals surface area contributed by atoms with Gasteiger partial charge in [0.15, 0.2) is 0 Å². The highest BCUT2D eigenvalue weighted by atomic mass is 32.2. The summed E-state index contributed by atoms with van der Waals surface area (Å²) >= 11 is 0. The number of nitrogens with one attached hydrogen (secondary N) is 1. The molecule has 0 aromatic heterocycles. The summed E-state index contributed by atoms with van der Waals surface area (Å²) in [4.78, 5) is 12.5. The molecule has 1 amide bonds. The van der Waals surface area contributed by atoms with Gasteiger partial charge in [0.2, 0.25) is 15.9 Å². The molecule has 7 heteroatoms. The summed E-state index contributed by atoms with van der Waals surface area (Å²) in [6, 6.07) is 5.56. The molecule has 1 saturated heterocycles. The quantitative estimate of drug-likeness (QED) is 0.889. The van der Waals surface area contributed by atoms with Crippen LogP contribution >= 0.6 is 0 Å². The van der Waals surface area contributed by atoms with Crippen LogP contribution in [0.3, 0.4) is 0 Å². The van der Waals surface area contributed by atoms with Crippen molar-refractivity contribution < 1.29 is 17.9 Å². The van der Waals surface area contributed by atoms with Crippen LogP contribution in [-0.4, -0.2) is 44.6 Å². The summed E-state index contributed by atoms with van der Waals surface area (Å²) in [6.45, 7) is 4.30. The van der Waals surface area contributed by atoms with Crippen molar-refractivity contribution >= 4 is 21.6 Å². The number of nitrogens with zero attached hydrogens (tertiary/aromatic N) is 1. The Morgan fingerprint density at radius 1 is 1.43 bits per heavy atom. The summed E-state index contributed by atoms with van der Waals surface area (Å²) in [5, 5.41) is 2.88. The van der Waals surface area contributed by atoms with E-state index in [1.165, 1.54) is 4.31 Å². The summed E-state index contributed by atoms with van der Waals surface area (Å²) in [5.74, 6) is 0.158. The number of hydrogen-bond acceptors (Lipinski definition) is 4. The zero-order valence-electron chi connectivity index (χ0n) is 13.8. The van der Waals surface area contributed by atoms with E-state index in [1.807, 2.05) is 19.1 Å². The maximum atomic E-state index is 12.5. The van der Waals surface area contributed by atoms with Crippen molar-refractivity contribution in [1.29, 1.82) is 0 Å². The highest BCUT2D eigenvalue weighted by molar-refractivity contribution is 7.89. The van der Waals surface area contributed by atoms with Crippen LogP contribution in [0.4, 0.5) is 5.69 Å². The second kappa shape index (κ2) is 7.31. The molecule has 6 nitrogen and oxygen atoms in total. The lowest BCUT2D eigenvalue weighted by Crippen LogP contribution is -2.44.